The third-order valence-electron chi connectivity index (χ3n) is 3.68. The fourth-order valence-corrected chi connectivity index (χ4v) is 3.67. The fraction of sp³-hybridized carbons (Fsp3) is 0.158. The van der Waals surface area contributed by atoms with Crippen LogP contribution in [0.5, 0.6) is 0 Å². The summed E-state index contributed by atoms with van der Waals surface area (Å²) in [4.78, 5) is 0. The summed E-state index contributed by atoms with van der Waals surface area (Å²) in [5.74, 6) is 1.65. The molecule has 0 aliphatic rings. The van der Waals surface area contributed by atoms with Crippen LogP contribution in [0.15, 0.2) is 74.0 Å². The van der Waals surface area contributed by atoms with Crippen LogP contribution in [0, 0.1) is 0 Å². The van der Waals surface area contributed by atoms with Crippen LogP contribution in [-0.2, 0) is 6.54 Å². The third kappa shape index (κ3) is 5.43. The zero-order chi connectivity index (χ0) is 16.9. The quantitative estimate of drug-likeness (QED) is 0.468. The van der Waals surface area contributed by atoms with Crippen molar-refractivity contribution in [2.24, 2.45) is 0 Å². The minimum atomic E-state index is -0.527. The van der Waals surface area contributed by atoms with E-state index >= 15 is 0 Å². The van der Waals surface area contributed by atoms with E-state index in [0.29, 0.717) is 13.1 Å². The number of aliphatic hydroxyl groups is 1. The predicted molar refractivity (Wildman–Crippen MR) is 110 cm³/mol. The van der Waals surface area contributed by atoms with Gasteiger partial charge in [-0.15, -0.1) is 12.4 Å². The smallest absolute Gasteiger partial charge is 0.135 e. The first-order chi connectivity index (χ1) is 11.6. The van der Waals surface area contributed by atoms with E-state index in [1.807, 2.05) is 60.7 Å². The van der Waals surface area contributed by atoms with Crippen LogP contribution in [0.1, 0.15) is 17.4 Å². The van der Waals surface area contributed by atoms with Gasteiger partial charge in [-0.1, -0.05) is 46.3 Å². The number of hydrogen-bond donors (Lipinski definition) is 2. The highest BCUT2D eigenvalue weighted by Gasteiger charge is 2.10. The maximum Gasteiger partial charge on any atom is 0.135 e. The van der Waals surface area contributed by atoms with Gasteiger partial charge in [0.15, 0.2) is 0 Å². The first kappa shape index (κ1) is 20.2. The minimum Gasteiger partial charge on any atom is -0.460 e. The number of nitrogens with one attached hydrogen (secondary N) is 1. The second kappa shape index (κ2) is 9.55. The molecule has 1 heterocycles. The Morgan fingerprint density at radius 1 is 1.00 bits per heavy atom. The molecule has 0 bridgehead atoms. The molecule has 1 atom stereocenters. The number of benzene rings is 2. The first-order valence-electron chi connectivity index (χ1n) is 7.61. The molecule has 1 aromatic heterocycles. The van der Waals surface area contributed by atoms with Gasteiger partial charge < -0.3 is 14.8 Å². The van der Waals surface area contributed by atoms with Gasteiger partial charge in [0.1, 0.15) is 11.5 Å². The molecular formula is C19H18Br2ClNO2. The van der Waals surface area contributed by atoms with Crippen molar-refractivity contribution in [2.75, 3.05) is 6.54 Å². The Labute approximate surface area is 170 Å². The number of halogens is 3. The molecule has 0 aliphatic heterocycles. The molecule has 3 aromatic rings. The highest BCUT2D eigenvalue weighted by Crippen LogP contribution is 2.31. The van der Waals surface area contributed by atoms with Crippen LogP contribution in [0.25, 0.3) is 11.3 Å². The lowest BCUT2D eigenvalue weighted by Gasteiger charge is -2.11. The summed E-state index contributed by atoms with van der Waals surface area (Å²) in [6.45, 7) is 1.04. The van der Waals surface area contributed by atoms with Crippen molar-refractivity contribution in [1.82, 2.24) is 5.32 Å². The molecule has 0 fully saturated rings. The summed E-state index contributed by atoms with van der Waals surface area (Å²) in [6, 6.07) is 19.5. The summed E-state index contributed by atoms with van der Waals surface area (Å²) in [6.07, 6.45) is -0.527. The average Bonchev–Trinajstić information content (AvgIpc) is 3.04. The molecule has 0 spiro atoms. The molecule has 3 nitrogen and oxygen atoms in total. The Balaban J connectivity index is 0.00000225. The summed E-state index contributed by atoms with van der Waals surface area (Å²) < 4.78 is 7.88. The maximum absolute atomic E-state index is 10.1. The molecule has 3 rings (SSSR count). The molecule has 2 N–H and O–H groups in total. The van der Waals surface area contributed by atoms with Gasteiger partial charge in [0.25, 0.3) is 0 Å². The molecular weight excluding hydrogens is 469 g/mol. The summed E-state index contributed by atoms with van der Waals surface area (Å²) >= 11 is 7.00. The Morgan fingerprint density at radius 3 is 2.48 bits per heavy atom. The second-order valence-corrected chi connectivity index (χ2v) is 7.22. The van der Waals surface area contributed by atoms with Crippen molar-refractivity contribution in [1.29, 1.82) is 0 Å². The van der Waals surface area contributed by atoms with Crippen LogP contribution in [-0.4, -0.2) is 11.7 Å². The third-order valence-corrected chi connectivity index (χ3v) is 4.83. The van der Waals surface area contributed by atoms with Crippen molar-refractivity contribution in [3.05, 3.63) is 80.9 Å². The molecule has 0 radical (unpaired) electrons. The van der Waals surface area contributed by atoms with Crippen molar-refractivity contribution in [2.45, 2.75) is 12.6 Å². The zero-order valence-electron chi connectivity index (χ0n) is 13.3. The largest absolute Gasteiger partial charge is 0.460 e. The van der Waals surface area contributed by atoms with Crippen LogP contribution in [0.3, 0.4) is 0 Å². The lowest BCUT2D eigenvalue weighted by molar-refractivity contribution is 0.173. The summed E-state index contributed by atoms with van der Waals surface area (Å²) in [7, 11) is 0. The van der Waals surface area contributed by atoms with Gasteiger partial charge in [-0.25, -0.2) is 0 Å². The SMILES string of the molecule is Cl.OC(CNCc1ccc(-c2ccc(Br)cc2Br)o1)c1ccccc1. The number of rotatable bonds is 6. The monoisotopic (exact) mass is 485 g/mol. The molecule has 0 saturated heterocycles. The Bertz CT molecular complexity index is 808. The molecule has 2 aromatic carbocycles. The van der Waals surface area contributed by atoms with Gasteiger partial charge in [-0.05, 0) is 51.8 Å². The Morgan fingerprint density at radius 2 is 1.76 bits per heavy atom. The van der Waals surface area contributed by atoms with E-state index in [-0.39, 0.29) is 12.4 Å². The van der Waals surface area contributed by atoms with Gasteiger partial charge in [0.05, 0.1) is 12.6 Å². The summed E-state index contributed by atoms with van der Waals surface area (Å²) in [5.41, 5.74) is 1.91. The fourth-order valence-electron chi connectivity index (χ4n) is 2.43. The van der Waals surface area contributed by atoms with Crippen molar-refractivity contribution in [3.8, 4) is 11.3 Å². The van der Waals surface area contributed by atoms with Gasteiger partial charge >= 0.3 is 0 Å². The maximum atomic E-state index is 10.1. The van der Waals surface area contributed by atoms with Crippen molar-refractivity contribution >= 4 is 44.3 Å². The lowest BCUT2D eigenvalue weighted by atomic mass is 10.1. The Kier molecular flexibility index (Phi) is 7.72. The van der Waals surface area contributed by atoms with Crippen molar-refractivity contribution < 1.29 is 9.52 Å². The van der Waals surface area contributed by atoms with Crippen molar-refractivity contribution in [3.63, 3.8) is 0 Å². The second-order valence-electron chi connectivity index (χ2n) is 5.45. The molecule has 132 valence electrons. The lowest BCUT2D eigenvalue weighted by Crippen LogP contribution is -2.20. The van der Waals surface area contributed by atoms with E-state index in [0.717, 1.165) is 31.6 Å². The highest BCUT2D eigenvalue weighted by molar-refractivity contribution is 9.11. The van der Waals surface area contributed by atoms with Gasteiger partial charge in [0, 0.05) is 21.1 Å². The topological polar surface area (TPSA) is 45.4 Å². The van der Waals surface area contributed by atoms with Gasteiger partial charge in [-0.3, -0.25) is 0 Å². The van der Waals surface area contributed by atoms with E-state index < -0.39 is 6.10 Å². The molecule has 0 aliphatic carbocycles. The zero-order valence-corrected chi connectivity index (χ0v) is 17.3. The van der Waals surface area contributed by atoms with Crippen LogP contribution >= 0.6 is 44.3 Å². The molecule has 0 amide bonds. The van der Waals surface area contributed by atoms with E-state index in [2.05, 4.69) is 37.2 Å². The highest BCUT2D eigenvalue weighted by atomic mass is 79.9. The molecule has 6 heteroatoms. The summed E-state index contributed by atoms with van der Waals surface area (Å²) in [5, 5.41) is 13.4. The predicted octanol–water partition coefficient (Wildman–Crippen LogP) is 5.72. The standard InChI is InChI=1S/C19H17Br2NO2.ClH/c20-14-6-8-16(17(21)10-14)19-9-7-15(24-19)11-22-12-18(23)13-4-2-1-3-5-13;/h1-10,18,22-23H,11-12H2;1H. The van der Waals surface area contributed by atoms with E-state index in [1.165, 1.54) is 0 Å². The molecule has 1 unspecified atom stereocenters. The number of furan rings is 1. The van der Waals surface area contributed by atoms with Crippen LogP contribution in [0.4, 0.5) is 0 Å². The Hall–Kier alpha value is -1.11. The van der Waals surface area contributed by atoms with Crippen LogP contribution in [0.2, 0.25) is 0 Å². The van der Waals surface area contributed by atoms with Gasteiger partial charge in [-0.2, -0.15) is 0 Å². The van der Waals surface area contributed by atoms with E-state index in [1.54, 1.807) is 0 Å². The van der Waals surface area contributed by atoms with E-state index in [4.69, 9.17) is 4.42 Å². The van der Waals surface area contributed by atoms with E-state index in [9.17, 15) is 5.11 Å². The average molecular weight is 488 g/mol. The van der Waals surface area contributed by atoms with Gasteiger partial charge in [0.2, 0.25) is 0 Å². The molecule has 25 heavy (non-hydrogen) atoms. The normalized spacial score (nSPS) is 11.8. The number of aliphatic hydroxyl groups excluding tert-OH is 1. The minimum absolute atomic E-state index is 0. The number of hydrogen-bond acceptors (Lipinski definition) is 3. The first-order valence-corrected chi connectivity index (χ1v) is 9.20. The molecule has 0 saturated carbocycles. The van der Waals surface area contributed by atoms with Crippen LogP contribution < -0.4 is 5.32 Å².